The normalized spacial score (nSPS) is 13.7. The van der Waals surface area contributed by atoms with Gasteiger partial charge in [-0.25, -0.2) is 14.8 Å². The Morgan fingerprint density at radius 1 is 0.931 bits per heavy atom. The molecule has 0 atom stereocenters. The number of anilines is 2. The summed E-state index contributed by atoms with van der Waals surface area (Å²) >= 11 is 1.43. The Hall–Kier alpha value is -3.33. The van der Waals surface area contributed by atoms with Gasteiger partial charge in [-0.15, -0.1) is 11.3 Å². The predicted octanol–water partition coefficient (Wildman–Crippen LogP) is 3.87. The van der Waals surface area contributed by atoms with Crippen molar-refractivity contribution in [3.63, 3.8) is 0 Å². The van der Waals surface area contributed by atoms with E-state index in [1.54, 1.807) is 36.0 Å². The number of nitrogens with one attached hydrogen (secondary N) is 2. The SMILES string of the molecule is O=C(Nc1cccc(C(=O)N2CCCCC2)n1)Nc1csc(-c2ccncc2)n1. The first-order valence-electron chi connectivity index (χ1n) is 9.39. The molecule has 1 saturated heterocycles. The fraction of sp³-hybridized carbons (Fsp3) is 0.250. The van der Waals surface area contributed by atoms with Crippen molar-refractivity contribution in [2.24, 2.45) is 0 Å². The summed E-state index contributed by atoms with van der Waals surface area (Å²) in [7, 11) is 0. The van der Waals surface area contributed by atoms with Crippen molar-refractivity contribution >= 4 is 34.9 Å². The first kappa shape index (κ1) is 19.0. The molecule has 3 aromatic rings. The predicted molar refractivity (Wildman–Crippen MR) is 112 cm³/mol. The zero-order valence-corrected chi connectivity index (χ0v) is 16.5. The second-order valence-corrected chi connectivity index (χ2v) is 7.47. The van der Waals surface area contributed by atoms with Gasteiger partial charge in [-0.05, 0) is 43.5 Å². The average Bonchev–Trinajstić information content (AvgIpc) is 3.23. The number of nitrogens with zero attached hydrogens (tertiary/aromatic N) is 4. The minimum absolute atomic E-state index is 0.102. The third kappa shape index (κ3) is 4.75. The van der Waals surface area contributed by atoms with Crippen molar-refractivity contribution in [2.45, 2.75) is 19.3 Å². The molecule has 1 aliphatic rings. The number of hydrogen-bond donors (Lipinski definition) is 2. The molecule has 1 aliphatic heterocycles. The third-order valence-corrected chi connectivity index (χ3v) is 5.42. The van der Waals surface area contributed by atoms with Gasteiger partial charge in [-0.1, -0.05) is 6.07 Å². The van der Waals surface area contributed by atoms with Crippen LogP contribution in [0.25, 0.3) is 10.6 Å². The van der Waals surface area contributed by atoms with Gasteiger partial charge in [-0.3, -0.25) is 20.4 Å². The zero-order chi connectivity index (χ0) is 20.1. The Kier molecular flexibility index (Phi) is 5.76. The van der Waals surface area contributed by atoms with Crippen LogP contribution >= 0.6 is 11.3 Å². The van der Waals surface area contributed by atoms with Crippen LogP contribution in [0.3, 0.4) is 0 Å². The number of urea groups is 1. The number of thiazole rings is 1. The summed E-state index contributed by atoms with van der Waals surface area (Å²) in [5, 5.41) is 7.90. The fourth-order valence-electron chi connectivity index (χ4n) is 3.10. The van der Waals surface area contributed by atoms with E-state index < -0.39 is 6.03 Å². The lowest BCUT2D eigenvalue weighted by Crippen LogP contribution is -2.36. The van der Waals surface area contributed by atoms with Crippen LogP contribution in [0.4, 0.5) is 16.4 Å². The van der Waals surface area contributed by atoms with Gasteiger partial charge in [0.05, 0.1) is 0 Å². The van der Waals surface area contributed by atoms with Crippen LogP contribution in [0.5, 0.6) is 0 Å². The van der Waals surface area contributed by atoms with E-state index in [-0.39, 0.29) is 5.91 Å². The molecule has 8 nitrogen and oxygen atoms in total. The highest BCUT2D eigenvalue weighted by atomic mass is 32.1. The maximum Gasteiger partial charge on any atom is 0.326 e. The number of hydrogen-bond acceptors (Lipinski definition) is 6. The van der Waals surface area contributed by atoms with Crippen molar-refractivity contribution in [1.82, 2.24) is 19.9 Å². The van der Waals surface area contributed by atoms with E-state index in [0.29, 0.717) is 17.3 Å². The maximum absolute atomic E-state index is 12.6. The van der Waals surface area contributed by atoms with Gasteiger partial charge in [0.1, 0.15) is 22.3 Å². The van der Waals surface area contributed by atoms with Crippen molar-refractivity contribution < 1.29 is 9.59 Å². The van der Waals surface area contributed by atoms with E-state index >= 15 is 0 Å². The molecule has 3 amide bonds. The molecular weight excluding hydrogens is 388 g/mol. The highest BCUT2D eigenvalue weighted by molar-refractivity contribution is 7.13. The monoisotopic (exact) mass is 408 g/mol. The smallest absolute Gasteiger partial charge is 0.326 e. The Bertz CT molecular complexity index is 1000. The van der Waals surface area contributed by atoms with Gasteiger partial charge in [0.25, 0.3) is 5.91 Å². The summed E-state index contributed by atoms with van der Waals surface area (Å²) in [4.78, 5) is 39.4. The number of carbonyl (C=O) groups is 2. The van der Waals surface area contributed by atoms with Crippen LogP contribution in [0, 0.1) is 0 Å². The summed E-state index contributed by atoms with van der Waals surface area (Å²) in [5.41, 5.74) is 1.27. The van der Waals surface area contributed by atoms with E-state index in [4.69, 9.17) is 0 Å². The zero-order valence-electron chi connectivity index (χ0n) is 15.7. The second-order valence-electron chi connectivity index (χ2n) is 6.61. The molecule has 9 heteroatoms. The molecule has 4 rings (SSSR count). The summed E-state index contributed by atoms with van der Waals surface area (Å²) in [5.74, 6) is 0.657. The minimum atomic E-state index is -0.466. The van der Waals surface area contributed by atoms with E-state index in [2.05, 4.69) is 25.6 Å². The molecule has 0 bridgehead atoms. The van der Waals surface area contributed by atoms with Crippen molar-refractivity contribution in [1.29, 1.82) is 0 Å². The van der Waals surface area contributed by atoms with Gasteiger partial charge < -0.3 is 4.90 Å². The maximum atomic E-state index is 12.6. The van der Waals surface area contributed by atoms with E-state index in [9.17, 15) is 9.59 Å². The van der Waals surface area contributed by atoms with Crippen LogP contribution in [-0.4, -0.2) is 44.9 Å². The average molecular weight is 408 g/mol. The summed E-state index contributed by atoms with van der Waals surface area (Å²) in [6, 6.07) is 8.28. The van der Waals surface area contributed by atoms with Crippen LogP contribution < -0.4 is 10.6 Å². The number of piperidine rings is 1. The Balaban J connectivity index is 1.39. The van der Waals surface area contributed by atoms with Crippen LogP contribution in [-0.2, 0) is 0 Å². The first-order chi connectivity index (χ1) is 14.2. The third-order valence-electron chi connectivity index (χ3n) is 4.53. The Morgan fingerprint density at radius 3 is 2.48 bits per heavy atom. The molecule has 3 aromatic heterocycles. The lowest BCUT2D eigenvalue weighted by molar-refractivity contribution is 0.0718. The molecule has 29 heavy (non-hydrogen) atoms. The summed E-state index contributed by atoms with van der Waals surface area (Å²) in [6.07, 6.45) is 6.57. The van der Waals surface area contributed by atoms with Gasteiger partial charge in [0, 0.05) is 36.4 Å². The summed E-state index contributed by atoms with van der Waals surface area (Å²) in [6.45, 7) is 1.50. The van der Waals surface area contributed by atoms with E-state index in [0.717, 1.165) is 42.9 Å². The van der Waals surface area contributed by atoms with Gasteiger partial charge in [-0.2, -0.15) is 0 Å². The topological polar surface area (TPSA) is 100 Å². The molecule has 4 heterocycles. The molecule has 2 N–H and O–H groups in total. The number of likely N-dealkylation sites (tertiary alicyclic amines) is 1. The van der Waals surface area contributed by atoms with Crippen molar-refractivity contribution in [3.05, 3.63) is 53.8 Å². The minimum Gasteiger partial charge on any atom is -0.337 e. The number of pyridine rings is 2. The number of carbonyl (C=O) groups excluding carboxylic acids is 2. The van der Waals surface area contributed by atoms with Crippen LogP contribution in [0.15, 0.2) is 48.1 Å². The number of amides is 3. The summed E-state index contributed by atoms with van der Waals surface area (Å²) < 4.78 is 0. The first-order valence-corrected chi connectivity index (χ1v) is 10.3. The molecule has 0 saturated carbocycles. The van der Waals surface area contributed by atoms with Crippen LogP contribution in [0.1, 0.15) is 29.8 Å². The molecule has 0 radical (unpaired) electrons. The molecule has 0 unspecified atom stereocenters. The van der Waals surface area contributed by atoms with Crippen molar-refractivity contribution in [2.75, 3.05) is 23.7 Å². The fourth-order valence-corrected chi connectivity index (χ4v) is 3.86. The Labute approximate surface area is 172 Å². The lowest BCUT2D eigenvalue weighted by Gasteiger charge is -2.26. The van der Waals surface area contributed by atoms with Gasteiger partial charge in [0.2, 0.25) is 0 Å². The molecule has 0 aliphatic carbocycles. The van der Waals surface area contributed by atoms with Gasteiger partial charge in [0.15, 0.2) is 0 Å². The molecular formula is C20H20N6O2S. The highest BCUT2D eigenvalue weighted by Crippen LogP contribution is 2.25. The standard InChI is InChI=1S/C20H20N6O2S/c27-19(26-11-2-1-3-12-26)15-5-4-6-16(22-15)24-20(28)25-17-13-29-18(23-17)14-7-9-21-10-8-14/h4-10,13H,1-3,11-12H2,(H2,22,24,25,28). The van der Waals surface area contributed by atoms with Crippen molar-refractivity contribution in [3.8, 4) is 10.6 Å². The van der Waals surface area contributed by atoms with E-state index in [1.807, 2.05) is 17.0 Å². The van der Waals surface area contributed by atoms with E-state index in [1.165, 1.54) is 11.3 Å². The Morgan fingerprint density at radius 2 is 1.69 bits per heavy atom. The number of rotatable bonds is 4. The van der Waals surface area contributed by atoms with Crippen LogP contribution in [0.2, 0.25) is 0 Å². The quantitative estimate of drug-likeness (QED) is 0.683. The molecule has 0 aromatic carbocycles. The second kappa shape index (κ2) is 8.78. The van der Waals surface area contributed by atoms with Gasteiger partial charge >= 0.3 is 6.03 Å². The largest absolute Gasteiger partial charge is 0.337 e. The highest BCUT2D eigenvalue weighted by Gasteiger charge is 2.19. The molecule has 1 fully saturated rings. The molecule has 148 valence electrons. The number of aromatic nitrogens is 3. The molecule has 0 spiro atoms. The lowest BCUT2D eigenvalue weighted by atomic mass is 10.1.